The first-order valence-electron chi connectivity index (χ1n) is 8.74. The van der Waals surface area contributed by atoms with Crippen molar-refractivity contribution in [1.29, 1.82) is 0 Å². The summed E-state index contributed by atoms with van der Waals surface area (Å²) in [6.45, 7) is 4.16. The third-order valence-corrected chi connectivity index (χ3v) is 6.54. The van der Waals surface area contributed by atoms with E-state index >= 15 is 0 Å². The Morgan fingerprint density at radius 1 is 1.24 bits per heavy atom. The van der Waals surface area contributed by atoms with Gasteiger partial charge >= 0.3 is 0 Å². The number of nitrogens with one attached hydrogen (secondary N) is 2. The number of amides is 1. The van der Waals surface area contributed by atoms with E-state index in [-0.39, 0.29) is 11.2 Å². The van der Waals surface area contributed by atoms with Crippen LogP contribution < -0.4 is 10.6 Å². The second-order valence-electron chi connectivity index (χ2n) is 6.50. The fourth-order valence-corrected chi connectivity index (χ4v) is 4.91. The minimum Gasteiger partial charge on any atom is -0.352 e. The number of rotatable bonds is 6. The molecule has 3 atom stereocenters. The number of hydrogen-bond donors (Lipinski definition) is 2. The second-order valence-corrected chi connectivity index (χ2v) is 9.07. The van der Waals surface area contributed by atoms with Gasteiger partial charge in [-0.2, -0.15) is 0 Å². The Morgan fingerprint density at radius 2 is 2.00 bits per heavy atom. The molecule has 7 heteroatoms. The van der Waals surface area contributed by atoms with Crippen LogP contribution in [0.4, 0.5) is 10.8 Å². The van der Waals surface area contributed by atoms with Crippen LogP contribution >= 0.6 is 23.1 Å². The molecule has 1 aliphatic carbocycles. The van der Waals surface area contributed by atoms with Crippen LogP contribution in [-0.2, 0) is 4.79 Å². The molecule has 1 heterocycles. The van der Waals surface area contributed by atoms with Crippen LogP contribution in [0.1, 0.15) is 39.5 Å². The molecular formula is C18H24N4OS2. The highest BCUT2D eigenvalue weighted by Crippen LogP contribution is 2.31. The second kappa shape index (κ2) is 8.67. The molecule has 0 aliphatic heterocycles. The third-order valence-electron chi connectivity index (χ3n) is 4.52. The Kier molecular flexibility index (Phi) is 6.31. The Bertz CT molecular complexity index is 691. The smallest absolute Gasteiger partial charge is 0.233 e. The quantitative estimate of drug-likeness (QED) is 0.729. The van der Waals surface area contributed by atoms with Gasteiger partial charge in [-0.15, -0.1) is 10.2 Å². The maximum absolute atomic E-state index is 12.5. The number of aromatic nitrogens is 2. The van der Waals surface area contributed by atoms with Gasteiger partial charge < -0.3 is 10.6 Å². The zero-order chi connectivity index (χ0) is 17.6. The monoisotopic (exact) mass is 376 g/mol. The largest absolute Gasteiger partial charge is 0.352 e. The lowest BCUT2D eigenvalue weighted by molar-refractivity contribution is -0.121. The van der Waals surface area contributed by atoms with Crippen molar-refractivity contribution in [3.63, 3.8) is 0 Å². The lowest BCUT2D eigenvalue weighted by atomic mass is 9.86. The number of nitrogens with zero attached hydrogens (tertiary/aromatic N) is 2. The highest BCUT2D eigenvalue weighted by atomic mass is 32.2. The summed E-state index contributed by atoms with van der Waals surface area (Å²) in [5.41, 5.74) is 0.979. The van der Waals surface area contributed by atoms with Crippen molar-refractivity contribution in [2.45, 2.75) is 55.2 Å². The molecule has 1 amide bonds. The number of carbonyl (C=O) groups excluding carboxylic acids is 1. The molecule has 0 unspecified atom stereocenters. The van der Waals surface area contributed by atoms with Crippen LogP contribution in [0.3, 0.4) is 0 Å². The average molecular weight is 377 g/mol. The Hall–Kier alpha value is -1.60. The summed E-state index contributed by atoms with van der Waals surface area (Å²) in [6, 6.07) is 10.2. The molecule has 0 radical (unpaired) electrons. The van der Waals surface area contributed by atoms with Gasteiger partial charge in [-0.3, -0.25) is 4.79 Å². The van der Waals surface area contributed by atoms with E-state index in [4.69, 9.17) is 0 Å². The molecule has 1 aromatic heterocycles. The molecule has 1 aliphatic rings. The van der Waals surface area contributed by atoms with Crippen molar-refractivity contribution in [3.05, 3.63) is 30.3 Å². The lowest BCUT2D eigenvalue weighted by Crippen LogP contribution is -2.44. The molecule has 1 aromatic carbocycles. The number of para-hydroxylation sites is 1. The zero-order valence-electron chi connectivity index (χ0n) is 14.6. The molecule has 1 saturated carbocycles. The van der Waals surface area contributed by atoms with E-state index in [1.165, 1.54) is 42.4 Å². The number of hydrogen-bond acceptors (Lipinski definition) is 6. The van der Waals surface area contributed by atoms with E-state index in [1.54, 1.807) is 0 Å². The topological polar surface area (TPSA) is 66.9 Å². The molecule has 0 bridgehead atoms. The van der Waals surface area contributed by atoms with Gasteiger partial charge in [0, 0.05) is 11.7 Å². The van der Waals surface area contributed by atoms with Crippen LogP contribution in [0.2, 0.25) is 0 Å². The van der Waals surface area contributed by atoms with Crippen LogP contribution in [0.5, 0.6) is 0 Å². The summed E-state index contributed by atoms with van der Waals surface area (Å²) in [6.07, 6.45) is 4.78. The van der Waals surface area contributed by atoms with Gasteiger partial charge in [0.1, 0.15) is 0 Å². The standard InChI is InChI=1S/C18H24N4OS2/c1-12-8-6-7-11-15(12)20-16(23)13(2)24-18-22-21-17(25-18)19-14-9-4-3-5-10-14/h3-5,9-10,12-13,15H,6-8,11H2,1-2H3,(H,19,21)(H,20,23)/t12-,13+,15+/m0/s1. The van der Waals surface area contributed by atoms with Crippen molar-refractivity contribution in [1.82, 2.24) is 15.5 Å². The van der Waals surface area contributed by atoms with Gasteiger partial charge in [-0.25, -0.2) is 0 Å². The number of carbonyl (C=O) groups is 1. The molecule has 134 valence electrons. The first-order chi connectivity index (χ1) is 12.1. The van der Waals surface area contributed by atoms with Crippen LogP contribution in [0, 0.1) is 5.92 Å². The molecule has 0 saturated heterocycles. The van der Waals surface area contributed by atoms with Gasteiger partial charge in [0.25, 0.3) is 0 Å². The minimum absolute atomic E-state index is 0.0940. The SMILES string of the molecule is C[C@@H](Sc1nnc(Nc2ccccc2)s1)C(=O)N[C@@H]1CCCC[C@@H]1C. The lowest BCUT2D eigenvalue weighted by Gasteiger charge is -2.30. The third kappa shape index (κ3) is 5.19. The maximum atomic E-state index is 12.5. The van der Waals surface area contributed by atoms with Crippen molar-refractivity contribution < 1.29 is 4.79 Å². The maximum Gasteiger partial charge on any atom is 0.233 e. The first-order valence-corrected chi connectivity index (χ1v) is 10.4. The van der Waals surface area contributed by atoms with Crippen LogP contribution in [-0.4, -0.2) is 27.4 Å². The summed E-state index contributed by atoms with van der Waals surface area (Å²) in [5, 5.41) is 15.4. The van der Waals surface area contributed by atoms with E-state index in [9.17, 15) is 4.79 Å². The van der Waals surface area contributed by atoms with E-state index in [0.717, 1.165) is 21.6 Å². The molecular weight excluding hydrogens is 352 g/mol. The number of anilines is 2. The van der Waals surface area contributed by atoms with Gasteiger partial charge in [-0.1, -0.05) is 61.1 Å². The summed E-state index contributed by atoms with van der Waals surface area (Å²) in [7, 11) is 0. The number of thioether (sulfide) groups is 1. The highest BCUT2D eigenvalue weighted by Gasteiger charge is 2.25. The van der Waals surface area contributed by atoms with Crippen molar-refractivity contribution in [2.75, 3.05) is 5.32 Å². The fraction of sp³-hybridized carbons (Fsp3) is 0.500. The van der Waals surface area contributed by atoms with E-state index in [1.807, 2.05) is 37.3 Å². The average Bonchev–Trinajstić information content (AvgIpc) is 3.04. The molecule has 2 aromatic rings. The van der Waals surface area contributed by atoms with Crippen molar-refractivity contribution in [3.8, 4) is 0 Å². The Labute approximate surface area is 157 Å². The summed E-state index contributed by atoms with van der Waals surface area (Å²) in [4.78, 5) is 12.5. The predicted octanol–water partition coefficient (Wildman–Crippen LogP) is 4.46. The summed E-state index contributed by atoms with van der Waals surface area (Å²) < 4.78 is 0.803. The molecule has 0 spiro atoms. The summed E-state index contributed by atoms with van der Waals surface area (Å²) >= 11 is 2.94. The number of benzene rings is 1. The van der Waals surface area contributed by atoms with Crippen molar-refractivity contribution >= 4 is 39.8 Å². The van der Waals surface area contributed by atoms with Crippen LogP contribution in [0.15, 0.2) is 34.7 Å². The molecule has 5 nitrogen and oxygen atoms in total. The molecule has 25 heavy (non-hydrogen) atoms. The fourth-order valence-electron chi connectivity index (χ4n) is 2.99. The Morgan fingerprint density at radius 3 is 2.76 bits per heavy atom. The first kappa shape index (κ1) is 18.2. The molecule has 1 fully saturated rings. The van der Waals surface area contributed by atoms with Gasteiger partial charge in [0.15, 0.2) is 4.34 Å². The van der Waals surface area contributed by atoms with Gasteiger partial charge in [0.2, 0.25) is 11.0 Å². The van der Waals surface area contributed by atoms with Gasteiger partial charge in [-0.05, 0) is 37.8 Å². The molecule has 2 N–H and O–H groups in total. The van der Waals surface area contributed by atoms with E-state index in [0.29, 0.717) is 12.0 Å². The van der Waals surface area contributed by atoms with E-state index < -0.39 is 0 Å². The zero-order valence-corrected chi connectivity index (χ0v) is 16.2. The minimum atomic E-state index is -0.174. The van der Waals surface area contributed by atoms with Crippen LogP contribution in [0.25, 0.3) is 0 Å². The van der Waals surface area contributed by atoms with Crippen molar-refractivity contribution in [2.24, 2.45) is 5.92 Å². The van der Waals surface area contributed by atoms with Gasteiger partial charge in [0.05, 0.1) is 5.25 Å². The Balaban J connectivity index is 1.52. The van der Waals surface area contributed by atoms with E-state index in [2.05, 4.69) is 27.8 Å². The summed E-state index contributed by atoms with van der Waals surface area (Å²) in [5.74, 6) is 0.662. The predicted molar refractivity (Wildman–Crippen MR) is 105 cm³/mol. The normalized spacial score (nSPS) is 21.5. The highest BCUT2D eigenvalue weighted by molar-refractivity contribution is 8.02. The molecule has 3 rings (SSSR count).